The van der Waals surface area contributed by atoms with Crippen LogP contribution >= 0.6 is 31.0 Å². The van der Waals surface area contributed by atoms with Gasteiger partial charge in [0.2, 0.25) is 0 Å². The Morgan fingerprint density at radius 2 is 1.79 bits per heavy atom. The van der Waals surface area contributed by atoms with Crippen molar-refractivity contribution in [2.45, 2.75) is 47.7 Å². The largest absolute Gasteiger partial charge is 0.416 e. The average molecular weight is 468 g/mol. The minimum Gasteiger partial charge on any atom is -0.327 e. The SMILES string of the molecule is N[C@H](CCCCc1ccc(Sc2cccc(C(F)(F)F)c2)cc1Cl)CP(=O)(O)O. The third-order valence-corrected chi connectivity index (χ3v) is 6.44. The van der Waals surface area contributed by atoms with Crippen LogP contribution in [0.1, 0.15) is 30.4 Å². The number of hydrogen-bond acceptors (Lipinski definition) is 3. The van der Waals surface area contributed by atoms with Gasteiger partial charge in [0, 0.05) is 20.9 Å². The van der Waals surface area contributed by atoms with Crippen molar-refractivity contribution in [2.75, 3.05) is 6.16 Å². The Bertz CT molecular complexity index is 876. The molecule has 10 heteroatoms. The highest BCUT2D eigenvalue weighted by atomic mass is 35.5. The Morgan fingerprint density at radius 1 is 1.10 bits per heavy atom. The van der Waals surface area contributed by atoms with Gasteiger partial charge in [-0.1, -0.05) is 41.9 Å². The molecule has 29 heavy (non-hydrogen) atoms. The van der Waals surface area contributed by atoms with E-state index in [1.165, 1.54) is 17.8 Å². The zero-order chi connectivity index (χ0) is 21.7. The maximum absolute atomic E-state index is 12.8. The van der Waals surface area contributed by atoms with Crippen molar-refractivity contribution in [2.24, 2.45) is 5.73 Å². The van der Waals surface area contributed by atoms with Gasteiger partial charge in [-0.25, -0.2) is 0 Å². The van der Waals surface area contributed by atoms with Gasteiger partial charge in [-0.15, -0.1) is 0 Å². The molecule has 0 aliphatic heterocycles. The first-order valence-electron chi connectivity index (χ1n) is 8.88. The van der Waals surface area contributed by atoms with Crippen LogP contribution in [0.5, 0.6) is 0 Å². The molecular weight excluding hydrogens is 446 g/mol. The molecule has 0 amide bonds. The summed E-state index contributed by atoms with van der Waals surface area (Å²) in [5.41, 5.74) is 5.92. The van der Waals surface area contributed by atoms with E-state index in [1.54, 1.807) is 12.1 Å². The van der Waals surface area contributed by atoms with Crippen molar-refractivity contribution >= 4 is 31.0 Å². The summed E-state index contributed by atoms with van der Waals surface area (Å²) in [6, 6.07) is 9.96. The van der Waals surface area contributed by atoms with Gasteiger partial charge in [-0.05, 0) is 55.2 Å². The Labute approximate surface area is 176 Å². The van der Waals surface area contributed by atoms with Crippen molar-refractivity contribution in [1.29, 1.82) is 0 Å². The van der Waals surface area contributed by atoms with E-state index in [0.717, 1.165) is 29.0 Å². The highest BCUT2D eigenvalue weighted by Crippen LogP contribution is 2.36. The predicted octanol–water partition coefficient (Wildman–Crippen LogP) is 5.73. The minimum atomic E-state index is -4.38. The molecule has 4 N–H and O–H groups in total. The van der Waals surface area contributed by atoms with Crippen molar-refractivity contribution in [3.63, 3.8) is 0 Å². The molecule has 0 saturated heterocycles. The van der Waals surface area contributed by atoms with E-state index < -0.39 is 25.4 Å². The summed E-state index contributed by atoms with van der Waals surface area (Å²) >= 11 is 7.51. The normalized spacial score (nSPS) is 13.5. The van der Waals surface area contributed by atoms with Gasteiger partial charge in [0.1, 0.15) is 0 Å². The van der Waals surface area contributed by atoms with Crippen molar-refractivity contribution < 1.29 is 27.5 Å². The molecule has 2 aromatic carbocycles. The monoisotopic (exact) mass is 467 g/mol. The second-order valence-electron chi connectivity index (χ2n) is 6.73. The zero-order valence-electron chi connectivity index (χ0n) is 15.4. The summed E-state index contributed by atoms with van der Waals surface area (Å²) in [7, 11) is -4.09. The topological polar surface area (TPSA) is 83.6 Å². The fraction of sp³-hybridized carbons (Fsp3) is 0.368. The molecule has 1 atom stereocenters. The van der Waals surface area contributed by atoms with Crippen LogP contribution in [0, 0.1) is 0 Å². The van der Waals surface area contributed by atoms with Crippen molar-refractivity contribution in [1.82, 2.24) is 0 Å². The van der Waals surface area contributed by atoms with E-state index in [0.29, 0.717) is 29.2 Å². The minimum absolute atomic E-state index is 0.324. The summed E-state index contributed by atoms with van der Waals surface area (Å²) in [6.45, 7) is 0. The summed E-state index contributed by atoms with van der Waals surface area (Å²) < 4.78 is 49.4. The molecule has 4 nitrogen and oxygen atoms in total. The van der Waals surface area contributed by atoms with Gasteiger partial charge in [0.05, 0.1) is 11.7 Å². The van der Waals surface area contributed by atoms with E-state index in [9.17, 15) is 17.7 Å². The Hall–Kier alpha value is -1.02. The Morgan fingerprint density at radius 3 is 2.41 bits per heavy atom. The van der Waals surface area contributed by atoms with Crippen LogP contribution in [-0.4, -0.2) is 22.0 Å². The zero-order valence-corrected chi connectivity index (χ0v) is 17.9. The number of benzene rings is 2. The molecule has 0 fully saturated rings. The number of alkyl halides is 3. The van der Waals surface area contributed by atoms with Crippen molar-refractivity contribution in [3.8, 4) is 0 Å². The number of unbranched alkanes of at least 4 members (excludes halogenated alkanes) is 1. The maximum atomic E-state index is 12.8. The fourth-order valence-corrected chi connectivity index (χ4v) is 4.84. The van der Waals surface area contributed by atoms with E-state index in [-0.39, 0.29) is 6.16 Å². The van der Waals surface area contributed by atoms with Gasteiger partial charge in [0.25, 0.3) is 0 Å². The molecule has 2 rings (SSSR count). The summed E-state index contributed by atoms with van der Waals surface area (Å²) in [5, 5.41) is 0.529. The first-order chi connectivity index (χ1) is 13.4. The molecule has 0 radical (unpaired) electrons. The average Bonchev–Trinajstić information content (AvgIpc) is 2.58. The maximum Gasteiger partial charge on any atom is 0.416 e. The molecular formula is C19H22ClF3NO3PS. The third-order valence-electron chi connectivity index (χ3n) is 4.16. The standard InChI is InChI=1S/C19H22ClF3NO3PS/c20-18-11-17(29-16-7-3-5-14(10-16)19(21,22)23)9-8-13(18)4-1-2-6-15(24)12-28(25,26)27/h3,5,7-11,15H,1-2,4,6,12,24H2,(H2,25,26,27)/t15-/m1/s1. The molecule has 0 spiro atoms. The lowest BCUT2D eigenvalue weighted by atomic mass is 10.1. The molecule has 160 valence electrons. The van der Waals surface area contributed by atoms with Crippen molar-refractivity contribution in [3.05, 3.63) is 58.6 Å². The highest BCUT2D eigenvalue weighted by Gasteiger charge is 2.30. The van der Waals surface area contributed by atoms with E-state index in [4.69, 9.17) is 27.1 Å². The van der Waals surface area contributed by atoms with Crippen LogP contribution < -0.4 is 5.73 Å². The fourth-order valence-electron chi connectivity index (χ4n) is 2.79. The summed E-state index contributed by atoms with van der Waals surface area (Å²) in [4.78, 5) is 19.0. The molecule has 0 aliphatic rings. The summed E-state index contributed by atoms with van der Waals surface area (Å²) in [6.07, 6.45) is -2.06. The van der Waals surface area contributed by atoms with Gasteiger partial charge in [0.15, 0.2) is 0 Å². The number of aryl methyl sites for hydroxylation is 1. The highest BCUT2D eigenvalue weighted by molar-refractivity contribution is 7.99. The lowest BCUT2D eigenvalue weighted by Gasteiger charge is -2.12. The number of hydrogen-bond donors (Lipinski definition) is 3. The predicted molar refractivity (Wildman–Crippen MR) is 109 cm³/mol. The van der Waals surface area contributed by atoms with Crippen LogP contribution in [0.15, 0.2) is 52.3 Å². The van der Waals surface area contributed by atoms with E-state index in [1.807, 2.05) is 12.1 Å². The smallest absolute Gasteiger partial charge is 0.327 e. The quantitative estimate of drug-likeness (QED) is 0.324. The van der Waals surface area contributed by atoms with Gasteiger partial charge in [-0.3, -0.25) is 4.57 Å². The van der Waals surface area contributed by atoms with Gasteiger partial charge in [-0.2, -0.15) is 13.2 Å². The molecule has 0 saturated carbocycles. The number of halogens is 4. The Balaban J connectivity index is 1.90. The van der Waals surface area contributed by atoms with Gasteiger partial charge >= 0.3 is 13.8 Å². The molecule has 2 aromatic rings. The Kier molecular flexibility index (Phi) is 8.64. The third kappa shape index (κ3) is 8.70. The van der Waals surface area contributed by atoms with Crippen LogP contribution in [-0.2, 0) is 17.2 Å². The van der Waals surface area contributed by atoms with Gasteiger partial charge < -0.3 is 15.5 Å². The second-order valence-corrected chi connectivity index (χ2v) is 9.98. The number of rotatable bonds is 9. The molecule has 0 aliphatic carbocycles. The number of nitrogens with two attached hydrogens (primary N) is 1. The first kappa shape index (κ1) is 24.3. The molecule has 0 bridgehead atoms. The first-order valence-corrected chi connectivity index (χ1v) is 11.9. The molecule has 0 heterocycles. The van der Waals surface area contributed by atoms with Crippen LogP contribution in [0.2, 0.25) is 5.02 Å². The summed E-state index contributed by atoms with van der Waals surface area (Å²) in [5.74, 6) is 0. The van der Waals surface area contributed by atoms with E-state index in [2.05, 4.69) is 0 Å². The lowest BCUT2D eigenvalue weighted by molar-refractivity contribution is -0.137. The van der Waals surface area contributed by atoms with Crippen LogP contribution in [0.4, 0.5) is 13.2 Å². The second kappa shape index (κ2) is 10.3. The molecule has 0 aromatic heterocycles. The molecule has 0 unspecified atom stereocenters. The van der Waals surface area contributed by atoms with E-state index >= 15 is 0 Å². The van der Waals surface area contributed by atoms with Crippen LogP contribution in [0.25, 0.3) is 0 Å². The van der Waals surface area contributed by atoms with Crippen LogP contribution in [0.3, 0.4) is 0 Å². The lowest BCUT2D eigenvalue weighted by Crippen LogP contribution is -2.24.